The van der Waals surface area contributed by atoms with Crippen LogP contribution in [0.1, 0.15) is 19.5 Å². The van der Waals surface area contributed by atoms with E-state index in [1.165, 1.54) is 11.3 Å². The Morgan fingerprint density at radius 1 is 1.50 bits per heavy atom. The van der Waals surface area contributed by atoms with Crippen LogP contribution in [0.3, 0.4) is 0 Å². The maximum atomic E-state index is 9.11. The number of rotatable bonds is 0. The SMILES string of the molecule is CC.Cc1c(O)nc2sccn12. The summed E-state index contributed by atoms with van der Waals surface area (Å²) in [4.78, 5) is 4.75. The van der Waals surface area contributed by atoms with Crippen LogP contribution in [0, 0.1) is 6.92 Å². The summed E-state index contributed by atoms with van der Waals surface area (Å²) in [6.07, 6.45) is 1.89. The largest absolute Gasteiger partial charge is 0.492 e. The summed E-state index contributed by atoms with van der Waals surface area (Å²) in [5.74, 6) is 0.131. The smallest absolute Gasteiger partial charge is 0.233 e. The Bertz CT molecular complexity index is 364. The number of aryl methyl sites for hydroxylation is 1. The van der Waals surface area contributed by atoms with Gasteiger partial charge in [-0.3, -0.25) is 4.40 Å². The molecule has 0 spiro atoms. The molecule has 1 N–H and O–H groups in total. The number of hydrogen-bond acceptors (Lipinski definition) is 3. The lowest BCUT2D eigenvalue weighted by Gasteiger charge is -1.85. The molecule has 66 valence electrons. The number of nitrogens with zero attached hydrogens (tertiary/aromatic N) is 2. The summed E-state index contributed by atoms with van der Waals surface area (Å²) in [5.41, 5.74) is 0.802. The van der Waals surface area contributed by atoms with Crippen molar-refractivity contribution in [2.75, 3.05) is 0 Å². The molecule has 2 aromatic rings. The van der Waals surface area contributed by atoms with Gasteiger partial charge in [0, 0.05) is 11.6 Å². The first-order valence-corrected chi connectivity index (χ1v) is 4.78. The highest BCUT2D eigenvalue weighted by Crippen LogP contribution is 2.20. The lowest BCUT2D eigenvalue weighted by molar-refractivity contribution is 0.452. The van der Waals surface area contributed by atoms with Crippen LogP contribution in [-0.4, -0.2) is 14.5 Å². The second-order valence-corrected chi connectivity index (χ2v) is 2.95. The van der Waals surface area contributed by atoms with Crippen molar-refractivity contribution in [3.63, 3.8) is 0 Å². The summed E-state index contributed by atoms with van der Waals surface area (Å²) in [5, 5.41) is 11.0. The highest BCUT2D eigenvalue weighted by Gasteiger charge is 2.05. The Labute approximate surface area is 75.3 Å². The number of fused-ring (bicyclic) bond motifs is 1. The van der Waals surface area contributed by atoms with E-state index in [1.807, 2.05) is 36.7 Å². The zero-order chi connectivity index (χ0) is 9.14. The first kappa shape index (κ1) is 9.06. The fourth-order valence-corrected chi connectivity index (χ4v) is 1.64. The molecule has 0 amide bonds. The van der Waals surface area contributed by atoms with Gasteiger partial charge in [-0.25, -0.2) is 0 Å². The van der Waals surface area contributed by atoms with Gasteiger partial charge in [-0.15, -0.1) is 11.3 Å². The Morgan fingerprint density at radius 2 is 2.17 bits per heavy atom. The molecule has 3 nitrogen and oxygen atoms in total. The van der Waals surface area contributed by atoms with Gasteiger partial charge in [0.15, 0.2) is 4.96 Å². The maximum absolute atomic E-state index is 9.11. The lowest BCUT2D eigenvalue weighted by Crippen LogP contribution is -1.77. The first-order chi connectivity index (χ1) is 5.79. The van der Waals surface area contributed by atoms with E-state index in [2.05, 4.69) is 4.98 Å². The molecule has 0 aliphatic heterocycles. The van der Waals surface area contributed by atoms with E-state index >= 15 is 0 Å². The molecular formula is C8H12N2OS. The predicted molar refractivity (Wildman–Crippen MR) is 50.8 cm³/mol. The highest BCUT2D eigenvalue weighted by molar-refractivity contribution is 7.15. The van der Waals surface area contributed by atoms with E-state index in [-0.39, 0.29) is 5.88 Å². The van der Waals surface area contributed by atoms with Gasteiger partial charge in [-0.05, 0) is 6.92 Å². The van der Waals surface area contributed by atoms with Crippen LogP contribution in [0.15, 0.2) is 11.6 Å². The average molecular weight is 184 g/mol. The Balaban J connectivity index is 0.000000336. The normalized spacial score (nSPS) is 9.58. The van der Waals surface area contributed by atoms with Crippen LogP contribution < -0.4 is 0 Å². The molecule has 0 saturated carbocycles. The van der Waals surface area contributed by atoms with Crippen molar-refractivity contribution in [3.05, 3.63) is 17.3 Å². The van der Waals surface area contributed by atoms with Gasteiger partial charge in [0.1, 0.15) is 0 Å². The Morgan fingerprint density at radius 3 is 2.75 bits per heavy atom. The second-order valence-electron chi connectivity index (χ2n) is 2.08. The van der Waals surface area contributed by atoms with Gasteiger partial charge in [-0.1, -0.05) is 13.8 Å². The molecule has 2 rings (SSSR count). The number of hydrogen-bond donors (Lipinski definition) is 1. The minimum atomic E-state index is 0.131. The van der Waals surface area contributed by atoms with E-state index < -0.39 is 0 Å². The molecule has 0 aliphatic rings. The summed E-state index contributed by atoms with van der Waals surface area (Å²) in [6, 6.07) is 0. The van der Waals surface area contributed by atoms with Crippen LogP contribution in [0.4, 0.5) is 0 Å². The van der Waals surface area contributed by atoms with Gasteiger partial charge in [0.05, 0.1) is 5.69 Å². The molecule has 0 aliphatic carbocycles. The third-order valence-corrected chi connectivity index (χ3v) is 2.23. The third kappa shape index (κ3) is 1.30. The lowest BCUT2D eigenvalue weighted by atomic mass is 10.5. The van der Waals surface area contributed by atoms with Crippen molar-refractivity contribution in [2.45, 2.75) is 20.8 Å². The van der Waals surface area contributed by atoms with Crippen LogP contribution in [0.5, 0.6) is 5.88 Å². The Hall–Kier alpha value is -1.03. The summed E-state index contributed by atoms with van der Waals surface area (Å²) >= 11 is 1.51. The van der Waals surface area contributed by atoms with Gasteiger partial charge < -0.3 is 5.11 Å². The van der Waals surface area contributed by atoms with E-state index in [9.17, 15) is 0 Å². The van der Waals surface area contributed by atoms with E-state index in [4.69, 9.17) is 5.11 Å². The summed E-state index contributed by atoms with van der Waals surface area (Å²) in [7, 11) is 0. The third-order valence-electron chi connectivity index (χ3n) is 1.48. The average Bonchev–Trinajstić information content (AvgIpc) is 2.62. The zero-order valence-corrected chi connectivity index (χ0v) is 8.22. The zero-order valence-electron chi connectivity index (χ0n) is 7.40. The van der Waals surface area contributed by atoms with Gasteiger partial charge in [-0.2, -0.15) is 4.98 Å². The first-order valence-electron chi connectivity index (χ1n) is 3.90. The summed E-state index contributed by atoms with van der Waals surface area (Å²) in [6.45, 7) is 5.84. The molecule has 12 heavy (non-hydrogen) atoms. The summed E-state index contributed by atoms with van der Waals surface area (Å²) < 4.78 is 1.86. The molecular weight excluding hydrogens is 172 g/mol. The maximum Gasteiger partial charge on any atom is 0.233 e. The van der Waals surface area contributed by atoms with Crippen molar-refractivity contribution in [1.29, 1.82) is 0 Å². The molecule has 0 aromatic carbocycles. The number of thiazole rings is 1. The molecule has 0 fully saturated rings. The highest BCUT2D eigenvalue weighted by atomic mass is 32.1. The second kappa shape index (κ2) is 3.58. The minimum absolute atomic E-state index is 0.131. The molecule has 0 radical (unpaired) electrons. The van der Waals surface area contributed by atoms with E-state index in [0.717, 1.165) is 10.7 Å². The number of imidazole rings is 1. The molecule has 0 unspecified atom stereocenters. The fraction of sp³-hybridized carbons (Fsp3) is 0.375. The number of aromatic hydroxyl groups is 1. The number of aromatic nitrogens is 2. The van der Waals surface area contributed by atoms with Crippen molar-refractivity contribution < 1.29 is 5.11 Å². The monoisotopic (exact) mass is 184 g/mol. The molecule has 2 heterocycles. The van der Waals surface area contributed by atoms with Crippen molar-refractivity contribution in [1.82, 2.24) is 9.38 Å². The van der Waals surface area contributed by atoms with Gasteiger partial charge >= 0.3 is 0 Å². The quantitative estimate of drug-likeness (QED) is 0.682. The molecule has 2 aromatic heterocycles. The molecule has 0 atom stereocenters. The minimum Gasteiger partial charge on any atom is -0.492 e. The van der Waals surface area contributed by atoms with Crippen molar-refractivity contribution in [3.8, 4) is 5.88 Å². The molecule has 0 saturated heterocycles. The molecule has 0 bridgehead atoms. The van der Waals surface area contributed by atoms with Crippen LogP contribution in [0.25, 0.3) is 4.96 Å². The Kier molecular flexibility index (Phi) is 2.70. The van der Waals surface area contributed by atoms with E-state index in [1.54, 1.807) is 0 Å². The topological polar surface area (TPSA) is 37.5 Å². The van der Waals surface area contributed by atoms with Crippen molar-refractivity contribution >= 4 is 16.3 Å². The fourth-order valence-electron chi connectivity index (χ4n) is 0.887. The van der Waals surface area contributed by atoms with Gasteiger partial charge in [0.2, 0.25) is 5.88 Å². The van der Waals surface area contributed by atoms with Crippen LogP contribution in [0.2, 0.25) is 0 Å². The van der Waals surface area contributed by atoms with Crippen molar-refractivity contribution in [2.24, 2.45) is 0 Å². The van der Waals surface area contributed by atoms with Gasteiger partial charge in [0.25, 0.3) is 0 Å². The predicted octanol–water partition coefficient (Wildman–Crippen LogP) is 2.44. The standard InChI is InChI=1S/C6H6N2OS.C2H6/c1-4-5(9)7-6-8(4)2-3-10-6;1-2/h2-3,9H,1H3;1-2H3. The molecule has 4 heteroatoms. The van der Waals surface area contributed by atoms with E-state index in [0.29, 0.717) is 0 Å². The van der Waals surface area contributed by atoms with Crippen LogP contribution >= 0.6 is 11.3 Å². The van der Waals surface area contributed by atoms with Crippen LogP contribution in [-0.2, 0) is 0 Å².